The maximum atomic E-state index is 11.9. The van der Waals surface area contributed by atoms with Gasteiger partial charge in [0.15, 0.2) is 0 Å². The van der Waals surface area contributed by atoms with E-state index in [1.54, 1.807) is 12.1 Å². The average Bonchev–Trinajstić information content (AvgIpc) is 2.36. The molecule has 1 aliphatic rings. The minimum absolute atomic E-state index is 0.112. The summed E-state index contributed by atoms with van der Waals surface area (Å²) in [5, 5.41) is 12.5. The second-order valence-corrected chi connectivity index (χ2v) is 6.89. The predicted molar refractivity (Wildman–Crippen MR) is 85.8 cm³/mol. The molecule has 1 aliphatic heterocycles. The summed E-state index contributed by atoms with van der Waals surface area (Å²) in [6, 6.07) is 7.42. The van der Waals surface area contributed by atoms with Crippen LogP contribution in [-0.2, 0) is 11.3 Å². The monoisotopic (exact) mass is 306 g/mol. The molecule has 0 aliphatic carbocycles. The number of piperidine rings is 1. The van der Waals surface area contributed by atoms with E-state index in [-0.39, 0.29) is 17.9 Å². The van der Waals surface area contributed by atoms with Crippen molar-refractivity contribution < 1.29 is 14.6 Å². The minimum Gasteiger partial charge on any atom is -0.508 e. The van der Waals surface area contributed by atoms with Crippen LogP contribution in [0.1, 0.15) is 39.2 Å². The first-order valence-corrected chi connectivity index (χ1v) is 7.81. The number of nitrogens with one attached hydrogen (secondary N) is 1. The van der Waals surface area contributed by atoms with Crippen molar-refractivity contribution in [3.05, 3.63) is 29.8 Å². The zero-order valence-electron chi connectivity index (χ0n) is 13.6. The molecule has 0 spiro atoms. The number of rotatable bonds is 3. The number of carbonyl (C=O) groups excluding carboxylic acids is 1. The van der Waals surface area contributed by atoms with Crippen LogP contribution in [0.4, 0.5) is 4.79 Å². The van der Waals surface area contributed by atoms with Crippen molar-refractivity contribution >= 4 is 6.09 Å². The quantitative estimate of drug-likeness (QED) is 0.901. The lowest BCUT2D eigenvalue weighted by Gasteiger charge is -2.33. The predicted octanol–water partition coefficient (Wildman–Crippen LogP) is 2.88. The fourth-order valence-electron chi connectivity index (χ4n) is 2.70. The summed E-state index contributed by atoms with van der Waals surface area (Å²) < 4.78 is 5.31. The van der Waals surface area contributed by atoms with Crippen molar-refractivity contribution in [1.29, 1.82) is 0 Å². The number of likely N-dealkylation sites (tertiary alicyclic amines) is 1. The van der Waals surface area contributed by atoms with E-state index < -0.39 is 5.60 Å². The number of hydrogen-bond donors (Lipinski definition) is 2. The highest BCUT2D eigenvalue weighted by Crippen LogP contribution is 2.17. The van der Waals surface area contributed by atoms with Crippen molar-refractivity contribution in [2.75, 3.05) is 13.1 Å². The maximum absolute atomic E-state index is 11.9. The SMILES string of the molecule is CC(C)(C)OC(=O)N[C@H]1CCCN(Cc2cccc(O)c2)C1. The first-order chi connectivity index (χ1) is 10.3. The van der Waals surface area contributed by atoms with Crippen LogP contribution in [0.5, 0.6) is 5.75 Å². The number of carbonyl (C=O) groups is 1. The van der Waals surface area contributed by atoms with Gasteiger partial charge in [0.1, 0.15) is 11.4 Å². The van der Waals surface area contributed by atoms with Gasteiger partial charge in [0.2, 0.25) is 0 Å². The molecule has 1 amide bonds. The molecular formula is C17H26N2O3. The molecule has 5 nitrogen and oxygen atoms in total. The van der Waals surface area contributed by atoms with Crippen LogP contribution in [0.15, 0.2) is 24.3 Å². The normalized spacial score (nSPS) is 19.7. The Balaban J connectivity index is 1.85. The Morgan fingerprint density at radius 3 is 2.91 bits per heavy atom. The highest BCUT2D eigenvalue weighted by Gasteiger charge is 2.24. The Kier molecular flexibility index (Phi) is 5.29. The summed E-state index contributed by atoms with van der Waals surface area (Å²) >= 11 is 0. The van der Waals surface area contributed by atoms with Crippen molar-refractivity contribution in [3.63, 3.8) is 0 Å². The highest BCUT2D eigenvalue weighted by atomic mass is 16.6. The third kappa shape index (κ3) is 5.56. The van der Waals surface area contributed by atoms with Crippen molar-refractivity contribution in [2.24, 2.45) is 0 Å². The Labute approximate surface area is 132 Å². The molecule has 0 radical (unpaired) electrons. The van der Waals surface area contributed by atoms with Gasteiger partial charge in [0, 0.05) is 19.1 Å². The summed E-state index contributed by atoms with van der Waals surface area (Å²) in [7, 11) is 0. The standard InChI is InChI=1S/C17H26N2O3/c1-17(2,3)22-16(21)18-14-7-5-9-19(12-14)11-13-6-4-8-15(20)10-13/h4,6,8,10,14,20H,5,7,9,11-12H2,1-3H3,(H,18,21)/t14-/m0/s1. The van der Waals surface area contributed by atoms with E-state index in [1.165, 1.54) is 0 Å². The molecule has 5 heteroatoms. The van der Waals surface area contributed by atoms with Gasteiger partial charge in [0.25, 0.3) is 0 Å². The van der Waals surface area contributed by atoms with E-state index in [4.69, 9.17) is 4.74 Å². The summed E-state index contributed by atoms with van der Waals surface area (Å²) in [6.45, 7) is 8.17. The summed E-state index contributed by atoms with van der Waals surface area (Å²) in [5.41, 5.74) is 0.609. The van der Waals surface area contributed by atoms with Gasteiger partial charge in [-0.05, 0) is 57.9 Å². The van der Waals surface area contributed by atoms with Crippen LogP contribution in [0.25, 0.3) is 0 Å². The molecular weight excluding hydrogens is 280 g/mol. The topological polar surface area (TPSA) is 61.8 Å². The van der Waals surface area contributed by atoms with E-state index in [9.17, 15) is 9.90 Å². The van der Waals surface area contributed by atoms with E-state index in [0.717, 1.165) is 38.0 Å². The molecule has 0 unspecified atom stereocenters. The Bertz CT molecular complexity index is 511. The molecule has 0 aromatic heterocycles. The van der Waals surface area contributed by atoms with Gasteiger partial charge < -0.3 is 15.2 Å². The molecule has 1 aromatic carbocycles. The van der Waals surface area contributed by atoms with Crippen LogP contribution in [-0.4, -0.2) is 40.8 Å². The van der Waals surface area contributed by atoms with Crippen LogP contribution in [0, 0.1) is 0 Å². The number of amides is 1. The Morgan fingerprint density at radius 2 is 2.23 bits per heavy atom. The summed E-state index contributed by atoms with van der Waals surface area (Å²) in [6.07, 6.45) is 1.66. The number of benzene rings is 1. The van der Waals surface area contributed by atoms with Crippen molar-refractivity contribution in [1.82, 2.24) is 10.2 Å². The molecule has 1 saturated heterocycles. The van der Waals surface area contributed by atoms with Crippen LogP contribution in [0.3, 0.4) is 0 Å². The molecule has 122 valence electrons. The van der Waals surface area contributed by atoms with Crippen LogP contribution in [0.2, 0.25) is 0 Å². The third-order valence-electron chi connectivity index (χ3n) is 3.54. The molecule has 1 heterocycles. The maximum Gasteiger partial charge on any atom is 0.407 e. The molecule has 0 bridgehead atoms. The van der Waals surface area contributed by atoms with E-state index in [0.29, 0.717) is 0 Å². The number of nitrogens with zero attached hydrogens (tertiary/aromatic N) is 1. The summed E-state index contributed by atoms with van der Waals surface area (Å²) in [4.78, 5) is 14.1. The molecule has 22 heavy (non-hydrogen) atoms. The average molecular weight is 306 g/mol. The third-order valence-corrected chi connectivity index (χ3v) is 3.54. The number of ether oxygens (including phenoxy) is 1. The molecule has 1 fully saturated rings. The van der Waals surface area contributed by atoms with Gasteiger partial charge in [-0.15, -0.1) is 0 Å². The van der Waals surface area contributed by atoms with E-state index in [2.05, 4.69) is 10.2 Å². The smallest absolute Gasteiger partial charge is 0.407 e. The molecule has 0 saturated carbocycles. The second-order valence-electron chi connectivity index (χ2n) is 6.89. The van der Waals surface area contributed by atoms with Gasteiger partial charge >= 0.3 is 6.09 Å². The van der Waals surface area contributed by atoms with Gasteiger partial charge in [-0.25, -0.2) is 4.79 Å². The van der Waals surface area contributed by atoms with E-state index >= 15 is 0 Å². The highest BCUT2D eigenvalue weighted by molar-refractivity contribution is 5.68. The van der Waals surface area contributed by atoms with Gasteiger partial charge in [0.05, 0.1) is 0 Å². The lowest BCUT2D eigenvalue weighted by Crippen LogP contribution is -2.48. The van der Waals surface area contributed by atoms with Gasteiger partial charge in [-0.2, -0.15) is 0 Å². The van der Waals surface area contributed by atoms with Gasteiger partial charge in [-0.1, -0.05) is 12.1 Å². The van der Waals surface area contributed by atoms with Crippen LogP contribution >= 0.6 is 0 Å². The zero-order valence-corrected chi connectivity index (χ0v) is 13.6. The molecule has 2 rings (SSSR count). The first kappa shape index (κ1) is 16.6. The Morgan fingerprint density at radius 1 is 1.45 bits per heavy atom. The molecule has 1 atom stereocenters. The Hall–Kier alpha value is -1.75. The van der Waals surface area contributed by atoms with Crippen molar-refractivity contribution in [3.8, 4) is 5.75 Å². The zero-order chi connectivity index (χ0) is 16.2. The van der Waals surface area contributed by atoms with Crippen LogP contribution < -0.4 is 5.32 Å². The summed E-state index contributed by atoms with van der Waals surface area (Å²) in [5.74, 6) is 0.290. The number of hydrogen-bond acceptors (Lipinski definition) is 4. The fourth-order valence-corrected chi connectivity index (χ4v) is 2.70. The number of aromatic hydroxyl groups is 1. The van der Waals surface area contributed by atoms with Gasteiger partial charge in [-0.3, -0.25) is 4.90 Å². The van der Waals surface area contributed by atoms with E-state index in [1.807, 2.05) is 32.9 Å². The number of alkyl carbamates (subject to hydrolysis) is 1. The largest absolute Gasteiger partial charge is 0.508 e. The fraction of sp³-hybridized carbons (Fsp3) is 0.588. The number of phenolic OH excluding ortho intramolecular Hbond substituents is 1. The second kappa shape index (κ2) is 7.01. The number of phenols is 1. The van der Waals surface area contributed by atoms with Crippen molar-refractivity contribution in [2.45, 2.75) is 51.8 Å². The molecule has 2 N–H and O–H groups in total. The minimum atomic E-state index is -0.472. The first-order valence-electron chi connectivity index (χ1n) is 7.81. The lowest BCUT2D eigenvalue weighted by molar-refractivity contribution is 0.0470. The lowest BCUT2D eigenvalue weighted by atomic mass is 10.0. The molecule has 1 aromatic rings.